The van der Waals surface area contributed by atoms with Gasteiger partial charge in [-0.3, -0.25) is 0 Å². The predicted octanol–water partition coefficient (Wildman–Crippen LogP) is 3.24. The molecule has 4 heterocycles. The first-order valence-electron chi connectivity index (χ1n) is 8.78. The molecular weight excluding hydrogens is 321 g/mol. The maximum absolute atomic E-state index is 13.8. The van der Waals surface area contributed by atoms with Crippen molar-refractivity contribution in [2.45, 2.75) is 31.7 Å². The number of hydrogen-bond acceptors (Lipinski definition) is 4. The van der Waals surface area contributed by atoms with E-state index in [9.17, 15) is 4.39 Å². The number of nitrogens with one attached hydrogen (secondary N) is 1. The fraction of sp³-hybridized carbons (Fsp3) is 0.444. The van der Waals surface area contributed by atoms with Crippen LogP contribution in [0, 0.1) is 5.82 Å². The minimum atomic E-state index is -0.300. The second-order valence-corrected chi connectivity index (χ2v) is 6.98. The van der Waals surface area contributed by atoms with E-state index in [4.69, 9.17) is 9.72 Å². The van der Waals surface area contributed by atoms with Crippen LogP contribution in [-0.4, -0.2) is 39.2 Å². The summed E-state index contributed by atoms with van der Waals surface area (Å²) in [4.78, 5) is 14.4. The van der Waals surface area contributed by atoms with Crippen LogP contribution >= 0.6 is 0 Å². The molecule has 2 aromatic heterocycles. The van der Waals surface area contributed by atoms with Crippen molar-refractivity contribution in [1.29, 1.82) is 0 Å². The number of aromatic nitrogens is 4. The van der Waals surface area contributed by atoms with Crippen LogP contribution in [0.1, 0.15) is 37.4 Å². The molecule has 0 saturated carbocycles. The molecule has 0 bridgehead atoms. The fourth-order valence-corrected chi connectivity index (χ4v) is 4.07. The lowest BCUT2D eigenvalue weighted by molar-refractivity contribution is 0.247. The lowest BCUT2D eigenvalue weighted by Gasteiger charge is -2.34. The first kappa shape index (κ1) is 14.7. The number of rotatable bonds is 2. The number of nitrogens with zero attached hydrogens (tertiary/aromatic N) is 4. The van der Waals surface area contributed by atoms with Crippen LogP contribution in [0.15, 0.2) is 24.7 Å². The highest BCUT2D eigenvalue weighted by atomic mass is 19.1. The zero-order valence-electron chi connectivity index (χ0n) is 14.1. The minimum Gasteiger partial charge on any atom is -0.489 e. The van der Waals surface area contributed by atoms with Gasteiger partial charge >= 0.3 is 0 Å². The third-order valence-electron chi connectivity index (χ3n) is 5.35. The van der Waals surface area contributed by atoms with Gasteiger partial charge in [0.2, 0.25) is 5.95 Å². The molecule has 2 aliphatic rings. The Morgan fingerprint density at radius 3 is 2.88 bits per heavy atom. The van der Waals surface area contributed by atoms with Crippen molar-refractivity contribution in [1.82, 2.24) is 19.5 Å². The van der Waals surface area contributed by atoms with Crippen molar-refractivity contribution in [2.75, 3.05) is 24.6 Å². The van der Waals surface area contributed by atoms with Gasteiger partial charge in [-0.15, -0.1) is 0 Å². The predicted molar refractivity (Wildman–Crippen MR) is 92.7 cm³/mol. The summed E-state index contributed by atoms with van der Waals surface area (Å²) in [5, 5.41) is 0. The first-order valence-corrected chi connectivity index (χ1v) is 8.78. The third-order valence-corrected chi connectivity index (χ3v) is 5.35. The van der Waals surface area contributed by atoms with Gasteiger partial charge in [0, 0.05) is 43.0 Å². The van der Waals surface area contributed by atoms with Gasteiger partial charge in [-0.2, -0.15) is 0 Å². The van der Waals surface area contributed by atoms with Crippen LogP contribution < -0.4 is 9.64 Å². The van der Waals surface area contributed by atoms with Crippen LogP contribution in [0.4, 0.5) is 10.3 Å². The number of halogens is 1. The average Bonchev–Trinajstić information content (AvgIpc) is 3.27. The molecule has 0 spiro atoms. The summed E-state index contributed by atoms with van der Waals surface area (Å²) in [5.74, 6) is 1.74. The quantitative estimate of drug-likeness (QED) is 0.777. The molecule has 5 rings (SSSR count). The summed E-state index contributed by atoms with van der Waals surface area (Å²) in [7, 11) is 0. The number of piperidine rings is 1. The molecule has 130 valence electrons. The summed E-state index contributed by atoms with van der Waals surface area (Å²) in [5.41, 5.74) is 2.79. The first-order chi connectivity index (χ1) is 12.2. The fourth-order valence-electron chi connectivity index (χ4n) is 4.07. The van der Waals surface area contributed by atoms with Gasteiger partial charge in [0.1, 0.15) is 23.7 Å². The molecule has 1 saturated heterocycles. The number of imidazole rings is 2. The summed E-state index contributed by atoms with van der Waals surface area (Å²) in [6.45, 7) is 4.52. The summed E-state index contributed by atoms with van der Waals surface area (Å²) in [6, 6.07) is 3.14. The van der Waals surface area contributed by atoms with Gasteiger partial charge in [-0.1, -0.05) is 0 Å². The van der Waals surface area contributed by atoms with E-state index in [0.29, 0.717) is 23.8 Å². The number of H-pyrrole nitrogens is 1. The molecule has 25 heavy (non-hydrogen) atoms. The number of aromatic amines is 1. The molecule has 6 nitrogen and oxygen atoms in total. The molecule has 2 aliphatic heterocycles. The van der Waals surface area contributed by atoms with Crippen LogP contribution in [0.2, 0.25) is 0 Å². The highest BCUT2D eigenvalue weighted by Crippen LogP contribution is 2.39. The number of ether oxygens (including phenoxy) is 1. The summed E-state index contributed by atoms with van der Waals surface area (Å²) in [6.07, 6.45) is 5.77. The van der Waals surface area contributed by atoms with Gasteiger partial charge < -0.3 is 19.2 Å². The maximum Gasteiger partial charge on any atom is 0.207 e. The Morgan fingerprint density at radius 1 is 1.28 bits per heavy atom. The molecule has 1 fully saturated rings. The van der Waals surface area contributed by atoms with Crippen molar-refractivity contribution in [3.63, 3.8) is 0 Å². The second kappa shape index (κ2) is 5.47. The smallest absolute Gasteiger partial charge is 0.207 e. The van der Waals surface area contributed by atoms with Crippen LogP contribution in [-0.2, 0) is 0 Å². The Kier molecular flexibility index (Phi) is 3.23. The standard InChI is InChI=1S/C18H20FN5O/c1-11-9-25-16-7-13(19)6-14-17(16)24(11)18(22-14)23-4-2-12(3-5-23)15-8-20-10-21-15/h6-8,10-12H,2-5,9H2,1H3,(H,20,21)/t11-/m0/s1. The topological polar surface area (TPSA) is 59.0 Å². The summed E-state index contributed by atoms with van der Waals surface area (Å²) >= 11 is 0. The number of hydrogen-bond donors (Lipinski definition) is 1. The maximum atomic E-state index is 13.8. The number of anilines is 1. The van der Waals surface area contributed by atoms with Crippen molar-refractivity contribution in [3.05, 3.63) is 36.2 Å². The Bertz CT molecular complexity index is 911. The molecule has 3 aromatic rings. The molecule has 0 radical (unpaired) electrons. The Labute approximate surface area is 144 Å². The highest BCUT2D eigenvalue weighted by molar-refractivity contribution is 5.86. The molecular formula is C18H20FN5O. The Morgan fingerprint density at radius 2 is 2.12 bits per heavy atom. The third kappa shape index (κ3) is 2.29. The largest absolute Gasteiger partial charge is 0.489 e. The van der Waals surface area contributed by atoms with Gasteiger partial charge in [0.05, 0.1) is 17.9 Å². The lowest BCUT2D eigenvalue weighted by atomic mass is 9.94. The molecule has 0 amide bonds. The Hall–Kier alpha value is -2.57. The molecule has 1 atom stereocenters. The minimum absolute atomic E-state index is 0.184. The van der Waals surface area contributed by atoms with E-state index in [-0.39, 0.29) is 11.9 Å². The van der Waals surface area contributed by atoms with Gasteiger partial charge in [-0.05, 0) is 19.8 Å². The zero-order valence-corrected chi connectivity index (χ0v) is 14.1. The van der Waals surface area contributed by atoms with E-state index in [1.165, 1.54) is 17.8 Å². The second-order valence-electron chi connectivity index (χ2n) is 6.98. The number of benzene rings is 1. The van der Waals surface area contributed by atoms with E-state index in [1.54, 1.807) is 6.33 Å². The van der Waals surface area contributed by atoms with Crippen molar-refractivity contribution in [2.24, 2.45) is 0 Å². The van der Waals surface area contributed by atoms with Gasteiger partial charge in [0.25, 0.3) is 0 Å². The normalized spacial score (nSPS) is 20.9. The zero-order chi connectivity index (χ0) is 17.0. The van der Waals surface area contributed by atoms with Crippen LogP contribution in [0.5, 0.6) is 5.75 Å². The van der Waals surface area contributed by atoms with E-state index in [1.807, 2.05) is 6.20 Å². The van der Waals surface area contributed by atoms with E-state index in [2.05, 4.69) is 26.4 Å². The molecule has 0 aliphatic carbocycles. The monoisotopic (exact) mass is 341 g/mol. The van der Waals surface area contributed by atoms with Crippen molar-refractivity contribution >= 4 is 17.0 Å². The molecule has 7 heteroatoms. The SMILES string of the molecule is C[C@H]1COc2cc(F)cc3nc(N4CCC(c5cnc[nH]5)CC4)n1c23. The molecule has 0 unspecified atom stereocenters. The van der Waals surface area contributed by atoms with Crippen LogP contribution in [0.3, 0.4) is 0 Å². The summed E-state index contributed by atoms with van der Waals surface area (Å²) < 4.78 is 21.8. The lowest BCUT2D eigenvalue weighted by Crippen LogP contribution is -2.36. The Balaban J connectivity index is 1.50. The van der Waals surface area contributed by atoms with Gasteiger partial charge in [-0.25, -0.2) is 14.4 Å². The van der Waals surface area contributed by atoms with Crippen molar-refractivity contribution in [3.8, 4) is 5.75 Å². The molecule has 1 aromatic carbocycles. The van der Waals surface area contributed by atoms with E-state index in [0.717, 1.165) is 37.4 Å². The molecule has 1 N–H and O–H groups in total. The highest BCUT2D eigenvalue weighted by Gasteiger charge is 2.30. The van der Waals surface area contributed by atoms with Gasteiger partial charge in [0.15, 0.2) is 0 Å². The van der Waals surface area contributed by atoms with Crippen molar-refractivity contribution < 1.29 is 9.13 Å². The van der Waals surface area contributed by atoms with E-state index >= 15 is 0 Å². The van der Waals surface area contributed by atoms with Crippen LogP contribution in [0.25, 0.3) is 11.0 Å². The average molecular weight is 341 g/mol. The van der Waals surface area contributed by atoms with E-state index < -0.39 is 0 Å².